The van der Waals surface area contributed by atoms with Crippen LogP contribution in [-0.4, -0.2) is 59.2 Å². The standard InChI is InChI=1S/C14H18ClN3O4/c1-17-8-14(21-13(17)20)5-2-6-18(9-14)12(19)4-3-10-7-11(15)16-22-10/h7H,2-6,8-9H2,1H3/t14-/m0/s1. The molecule has 2 aliphatic rings. The lowest BCUT2D eigenvalue weighted by Crippen LogP contribution is -2.52. The highest BCUT2D eigenvalue weighted by Gasteiger charge is 2.47. The van der Waals surface area contributed by atoms with Crippen LogP contribution in [0.5, 0.6) is 0 Å². The van der Waals surface area contributed by atoms with E-state index in [1.807, 2.05) is 0 Å². The van der Waals surface area contributed by atoms with E-state index in [2.05, 4.69) is 5.16 Å². The minimum Gasteiger partial charge on any atom is -0.439 e. The van der Waals surface area contributed by atoms with Crippen molar-refractivity contribution < 1.29 is 18.8 Å². The first-order chi connectivity index (χ1) is 10.5. The number of amides is 2. The summed E-state index contributed by atoms with van der Waals surface area (Å²) in [5, 5.41) is 3.88. The Bertz CT molecular complexity index is 590. The Labute approximate surface area is 133 Å². The van der Waals surface area contributed by atoms with Gasteiger partial charge in [0.05, 0.1) is 13.1 Å². The Balaban J connectivity index is 1.57. The molecular formula is C14H18ClN3O4. The van der Waals surface area contributed by atoms with Gasteiger partial charge >= 0.3 is 6.09 Å². The highest BCUT2D eigenvalue weighted by Crippen LogP contribution is 2.31. The number of halogens is 1. The van der Waals surface area contributed by atoms with Gasteiger partial charge in [-0.2, -0.15) is 0 Å². The highest BCUT2D eigenvalue weighted by molar-refractivity contribution is 6.29. The first-order valence-corrected chi connectivity index (χ1v) is 7.68. The van der Waals surface area contributed by atoms with Crippen LogP contribution in [0, 0.1) is 0 Å². The van der Waals surface area contributed by atoms with Crippen molar-refractivity contribution in [3.63, 3.8) is 0 Å². The first-order valence-electron chi connectivity index (χ1n) is 7.30. The summed E-state index contributed by atoms with van der Waals surface area (Å²) in [5.74, 6) is 0.620. The van der Waals surface area contributed by atoms with Crippen molar-refractivity contribution in [1.29, 1.82) is 0 Å². The molecule has 0 unspecified atom stereocenters. The van der Waals surface area contributed by atoms with Crippen molar-refractivity contribution in [2.24, 2.45) is 0 Å². The summed E-state index contributed by atoms with van der Waals surface area (Å²) in [6.45, 7) is 1.69. The number of aryl methyl sites for hydroxylation is 1. The quantitative estimate of drug-likeness (QED) is 0.844. The lowest BCUT2D eigenvalue weighted by Gasteiger charge is -2.38. The normalized spacial score (nSPS) is 24.9. The largest absolute Gasteiger partial charge is 0.439 e. The second kappa shape index (κ2) is 5.79. The number of carbonyl (C=O) groups is 2. The van der Waals surface area contributed by atoms with Gasteiger partial charge in [0.2, 0.25) is 5.91 Å². The van der Waals surface area contributed by atoms with E-state index in [9.17, 15) is 9.59 Å². The first kappa shape index (κ1) is 15.1. The van der Waals surface area contributed by atoms with Crippen molar-refractivity contribution in [3.8, 4) is 0 Å². The van der Waals surface area contributed by atoms with Crippen LogP contribution in [0.15, 0.2) is 10.6 Å². The summed E-state index contributed by atoms with van der Waals surface area (Å²) >= 11 is 5.68. The maximum Gasteiger partial charge on any atom is 0.410 e. The third-order valence-corrected chi connectivity index (χ3v) is 4.33. The number of ether oxygens (including phenoxy) is 1. The number of piperidine rings is 1. The van der Waals surface area contributed by atoms with Crippen molar-refractivity contribution in [2.75, 3.05) is 26.7 Å². The maximum atomic E-state index is 12.4. The van der Waals surface area contributed by atoms with E-state index in [1.165, 1.54) is 0 Å². The van der Waals surface area contributed by atoms with Gasteiger partial charge in [-0.3, -0.25) is 4.79 Å². The predicted molar refractivity (Wildman–Crippen MR) is 77.5 cm³/mol. The Hall–Kier alpha value is -1.76. The molecular weight excluding hydrogens is 310 g/mol. The average Bonchev–Trinajstić information content (AvgIpc) is 3.00. The van der Waals surface area contributed by atoms with Crippen molar-refractivity contribution >= 4 is 23.6 Å². The number of carbonyl (C=O) groups excluding carboxylic acids is 2. The molecule has 22 heavy (non-hydrogen) atoms. The predicted octanol–water partition coefficient (Wildman–Crippen LogP) is 1.70. The molecule has 1 spiro atoms. The fourth-order valence-corrected chi connectivity index (χ4v) is 3.27. The van der Waals surface area contributed by atoms with Gasteiger partial charge in [0, 0.05) is 32.5 Å². The van der Waals surface area contributed by atoms with Crippen LogP contribution in [0.1, 0.15) is 25.0 Å². The minimum absolute atomic E-state index is 0.0252. The van der Waals surface area contributed by atoms with Crippen LogP contribution in [0.3, 0.4) is 0 Å². The van der Waals surface area contributed by atoms with Gasteiger partial charge < -0.3 is 19.1 Å². The van der Waals surface area contributed by atoms with Crippen LogP contribution < -0.4 is 0 Å². The highest BCUT2D eigenvalue weighted by atomic mass is 35.5. The van der Waals surface area contributed by atoms with E-state index in [1.54, 1.807) is 22.9 Å². The summed E-state index contributed by atoms with van der Waals surface area (Å²) < 4.78 is 10.5. The molecule has 7 nitrogen and oxygen atoms in total. The Morgan fingerprint density at radius 3 is 2.95 bits per heavy atom. The van der Waals surface area contributed by atoms with Gasteiger partial charge in [-0.05, 0) is 12.8 Å². The third kappa shape index (κ3) is 3.04. The molecule has 0 aliphatic carbocycles. The summed E-state index contributed by atoms with van der Waals surface area (Å²) in [7, 11) is 1.71. The van der Waals surface area contributed by atoms with Crippen molar-refractivity contribution in [3.05, 3.63) is 17.0 Å². The van der Waals surface area contributed by atoms with E-state index in [0.717, 1.165) is 12.8 Å². The summed E-state index contributed by atoms with van der Waals surface area (Å²) in [4.78, 5) is 27.3. The van der Waals surface area contributed by atoms with E-state index >= 15 is 0 Å². The molecule has 3 heterocycles. The molecule has 0 aromatic carbocycles. The van der Waals surface area contributed by atoms with E-state index < -0.39 is 5.60 Å². The molecule has 2 aliphatic heterocycles. The van der Waals surface area contributed by atoms with E-state index in [4.69, 9.17) is 20.9 Å². The second-order valence-electron chi connectivity index (χ2n) is 5.94. The van der Waals surface area contributed by atoms with Crippen LogP contribution in [-0.2, 0) is 16.0 Å². The van der Waals surface area contributed by atoms with Gasteiger partial charge in [-0.15, -0.1) is 0 Å². The molecule has 8 heteroatoms. The van der Waals surface area contributed by atoms with Gasteiger partial charge in [-0.1, -0.05) is 16.8 Å². The van der Waals surface area contributed by atoms with Gasteiger partial charge in [0.15, 0.2) is 5.15 Å². The fourth-order valence-electron chi connectivity index (χ4n) is 3.11. The van der Waals surface area contributed by atoms with E-state index in [0.29, 0.717) is 43.4 Å². The number of likely N-dealkylation sites (tertiary alicyclic amines) is 1. The summed E-state index contributed by atoms with van der Waals surface area (Å²) in [6, 6.07) is 1.61. The molecule has 1 atom stereocenters. The molecule has 2 fully saturated rings. The van der Waals surface area contributed by atoms with Crippen LogP contribution >= 0.6 is 11.6 Å². The van der Waals surface area contributed by atoms with Crippen LogP contribution in [0.25, 0.3) is 0 Å². The molecule has 1 aromatic rings. The monoisotopic (exact) mass is 327 g/mol. The average molecular weight is 328 g/mol. The second-order valence-corrected chi connectivity index (χ2v) is 6.33. The topological polar surface area (TPSA) is 75.9 Å². The molecule has 2 amide bonds. The Morgan fingerprint density at radius 2 is 2.32 bits per heavy atom. The summed E-state index contributed by atoms with van der Waals surface area (Å²) in [6.07, 6.45) is 2.10. The zero-order chi connectivity index (χ0) is 15.7. The van der Waals surface area contributed by atoms with Gasteiger partial charge in [0.25, 0.3) is 0 Å². The SMILES string of the molecule is CN1C[C@]2(CCCN(C(=O)CCc3cc(Cl)no3)C2)OC1=O. The number of hydrogen-bond acceptors (Lipinski definition) is 5. The maximum absolute atomic E-state index is 12.4. The Morgan fingerprint density at radius 1 is 1.50 bits per heavy atom. The van der Waals surface area contributed by atoms with Crippen LogP contribution in [0.2, 0.25) is 5.15 Å². The van der Waals surface area contributed by atoms with Crippen molar-refractivity contribution in [2.45, 2.75) is 31.3 Å². The smallest absolute Gasteiger partial charge is 0.410 e. The fraction of sp³-hybridized carbons (Fsp3) is 0.643. The molecule has 1 aromatic heterocycles. The number of hydrogen-bond donors (Lipinski definition) is 0. The number of nitrogens with zero attached hydrogens (tertiary/aromatic N) is 3. The lowest BCUT2D eigenvalue weighted by molar-refractivity contribution is -0.136. The number of aromatic nitrogens is 1. The minimum atomic E-state index is -0.546. The zero-order valence-corrected chi connectivity index (χ0v) is 13.1. The van der Waals surface area contributed by atoms with Crippen LogP contribution in [0.4, 0.5) is 4.79 Å². The molecule has 3 rings (SSSR count). The lowest BCUT2D eigenvalue weighted by atomic mass is 9.92. The molecule has 0 saturated carbocycles. The molecule has 2 saturated heterocycles. The van der Waals surface area contributed by atoms with Crippen molar-refractivity contribution in [1.82, 2.24) is 15.0 Å². The zero-order valence-electron chi connectivity index (χ0n) is 12.4. The molecule has 120 valence electrons. The number of rotatable bonds is 3. The molecule has 0 radical (unpaired) electrons. The Kier molecular flexibility index (Phi) is 3.99. The van der Waals surface area contributed by atoms with Gasteiger partial charge in [-0.25, -0.2) is 4.79 Å². The van der Waals surface area contributed by atoms with Gasteiger partial charge in [0.1, 0.15) is 11.4 Å². The number of likely N-dealkylation sites (N-methyl/N-ethyl adjacent to an activating group) is 1. The van der Waals surface area contributed by atoms with E-state index in [-0.39, 0.29) is 12.0 Å². The molecule has 0 N–H and O–H groups in total. The third-order valence-electron chi connectivity index (χ3n) is 4.15. The molecule has 0 bridgehead atoms. The summed E-state index contributed by atoms with van der Waals surface area (Å²) in [5.41, 5.74) is -0.546.